The van der Waals surface area contributed by atoms with Crippen molar-refractivity contribution in [2.24, 2.45) is 5.92 Å². The molecule has 1 N–H and O–H groups in total. The van der Waals surface area contributed by atoms with E-state index >= 15 is 0 Å². The number of benzene rings is 1. The van der Waals surface area contributed by atoms with Crippen LogP contribution in [0.15, 0.2) is 30.3 Å². The van der Waals surface area contributed by atoms with Gasteiger partial charge in [0.05, 0.1) is 6.10 Å². The SMILES string of the molecule is OC1CCN(Cc2ccccc2)CC1CBr. The molecule has 0 amide bonds. The standard InChI is InChI=1S/C13H18BrNO/c14-8-12-10-15(7-6-13(12)16)9-11-4-2-1-3-5-11/h1-5,12-13,16H,6-10H2. The maximum Gasteiger partial charge on any atom is 0.0600 e. The zero-order valence-electron chi connectivity index (χ0n) is 9.35. The zero-order chi connectivity index (χ0) is 11.4. The first-order chi connectivity index (χ1) is 7.79. The Morgan fingerprint density at radius 1 is 1.31 bits per heavy atom. The molecular weight excluding hydrogens is 266 g/mol. The Balaban J connectivity index is 1.92. The Labute approximate surface area is 105 Å². The number of hydrogen-bond acceptors (Lipinski definition) is 2. The summed E-state index contributed by atoms with van der Waals surface area (Å²) < 4.78 is 0. The Hall–Kier alpha value is -0.380. The number of likely N-dealkylation sites (tertiary alicyclic amines) is 1. The van der Waals surface area contributed by atoms with E-state index in [0.29, 0.717) is 5.92 Å². The van der Waals surface area contributed by atoms with Crippen LogP contribution in [-0.2, 0) is 6.54 Å². The van der Waals surface area contributed by atoms with E-state index in [1.54, 1.807) is 0 Å². The van der Waals surface area contributed by atoms with Gasteiger partial charge in [0, 0.05) is 30.9 Å². The Kier molecular flexibility index (Phi) is 4.38. The van der Waals surface area contributed by atoms with Crippen LogP contribution < -0.4 is 0 Å². The van der Waals surface area contributed by atoms with Crippen LogP contribution in [0.3, 0.4) is 0 Å². The second-order valence-electron chi connectivity index (χ2n) is 4.49. The summed E-state index contributed by atoms with van der Waals surface area (Å²) in [7, 11) is 0. The zero-order valence-corrected chi connectivity index (χ0v) is 10.9. The molecule has 0 aliphatic carbocycles. The number of piperidine rings is 1. The average Bonchev–Trinajstić information content (AvgIpc) is 2.33. The molecule has 1 fully saturated rings. The number of halogens is 1. The normalized spacial score (nSPS) is 26.9. The molecule has 88 valence electrons. The van der Waals surface area contributed by atoms with Crippen LogP contribution in [0.4, 0.5) is 0 Å². The van der Waals surface area contributed by atoms with Gasteiger partial charge in [0.25, 0.3) is 0 Å². The second kappa shape index (κ2) is 5.80. The average molecular weight is 284 g/mol. The van der Waals surface area contributed by atoms with E-state index in [0.717, 1.165) is 31.4 Å². The molecular formula is C13H18BrNO. The van der Waals surface area contributed by atoms with Crippen molar-refractivity contribution in [3.05, 3.63) is 35.9 Å². The predicted molar refractivity (Wildman–Crippen MR) is 69.6 cm³/mol. The molecule has 0 aromatic heterocycles. The molecule has 0 radical (unpaired) electrons. The largest absolute Gasteiger partial charge is 0.393 e. The summed E-state index contributed by atoms with van der Waals surface area (Å²) >= 11 is 3.48. The summed E-state index contributed by atoms with van der Waals surface area (Å²) in [5.74, 6) is 0.373. The second-order valence-corrected chi connectivity index (χ2v) is 5.14. The van der Waals surface area contributed by atoms with Gasteiger partial charge < -0.3 is 5.11 Å². The lowest BCUT2D eigenvalue weighted by Crippen LogP contribution is -2.43. The van der Waals surface area contributed by atoms with Gasteiger partial charge in [0.15, 0.2) is 0 Å². The first-order valence-electron chi connectivity index (χ1n) is 5.80. The van der Waals surface area contributed by atoms with E-state index in [4.69, 9.17) is 0 Å². The molecule has 1 saturated heterocycles. The van der Waals surface area contributed by atoms with Crippen LogP contribution in [0.25, 0.3) is 0 Å². The lowest BCUT2D eigenvalue weighted by Gasteiger charge is -2.35. The maximum absolute atomic E-state index is 9.80. The van der Waals surface area contributed by atoms with E-state index in [1.165, 1.54) is 5.56 Å². The fraction of sp³-hybridized carbons (Fsp3) is 0.538. The van der Waals surface area contributed by atoms with E-state index in [1.807, 2.05) is 6.07 Å². The monoisotopic (exact) mass is 283 g/mol. The van der Waals surface area contributed by atoms with Crippen LogP contribution >= 0.6 is 15.9 Å². The van der Waals surface area contributed by atoms with Gasteiger partial charge in [-0.1, -0.05) is 46.3 Å². The van der Waals surface area contributed by atoms with E-state index in [2.05, 4.69) is 45.1 Å². The molecule has 1 heterocycles. The van der Waals surface area contributed by atoms with Crippen molar-refractivity contribution in [1.29, 1.82) is 0 Å². The third-order valence-corrected chi connectivity index (χ3v) is 4.06. The summed E-state index contributed by atoms with van der Waals surface area (Å²) in [5.41, 5.74) is 1.35. The fourth-order valence-corrected chi connectivity index (χ4v) is 2.87. The number of aliphatic hydroxyl groups is 1. The molecule has 1 aromatic rings. The van der Waals surface area contributed by atoms with E-state index in [-0.39, 0.29) is 6.10 Å². The molecule has 2 rings (SSSR count). The molecule has 0 spiro atoms. The predicted octanol–water partition coefficient (Wildman–Crippen LogP) is 2.26. The minimum Gasteiger partial charge on any atom is -0.393 e. The van der Waals surface area contributed by atoms with Crippen molar-refractivity contribution in [1.82, 2.24) is 4.90 Å². The molecule has 1 aromatic carbocycles. The lowest BCUT2D eigenvalue weighted by atomic mass is 9.96. The lowest BCUT2D eigenvalue weighted by molar-refractivity contribution is 0.0346. The molecule has 0 saturated carbocycles. The topological polar surface area (TPSA) is 23.5 Å². The molecule has 3 heteroatoms. The third-order valence-electron chi connectivity index (χ3n) is 3.23. The highest BCUT2D eigenvalue weighted by atomic mass is 79.9. The first kappa shape index (κ1) is 12.1. The van der Waals surface area contributed by atoms with Gasteiger partial charge in [0.1, 0.15) is 0 Å². The van der Waals surface area contributed by atoms with Gasteiger partial charge in [-0.25, -0.2) is 0 Å². The van der Waals surface area contributed by atoms with Crippen LogP contribution in [-0.4, -0.2) is 34.5 Å². The number of rotatable bonds is 3. The summed E-state index contributed by atoms with van der Waals surface area (Å²) in [6.45, 7) is 2.98. The van der Waals surface area contributed by atoms with Crippen LogP contribution in [0.2, 0.25) is 0 Å². The van der Waals surface area contributed by atoms with Crippen LogP contribution in [0.5, 0.6) is 0 Å². The first-order valence-corrected chi connectivity index (χ1v) is 6.92. The van der Waals surface area contributed by atoms with Crippen molar-refractivity contribution < 1.29 is 5.11 Å². The summed E-state index contributed by atoms with van der Waals surface area (Å²) in [5, 5.41) is 10.7. The Morgan fingerprint density at radius 2 is 2.06 bits per heavy atom. The van der Waals surface area contributed by atoms with Crippen LogP contribution in [0.1, 0.15) is 12.0 Å². The van der Waals surface area contributed by atoms with Crippen molar-refractivity contribution >= 4 is 15.9 Å². The van der Waals surface area contributed by atoms with Gasteiger partial charge in [-0.3, -0.25) is 4.90 Å². The van der Waals surface area contributed by atoms with E-state index in [9.17, 15) is 5.11 Å². The van der Waals surface area contributed by atoms with Gasteiger partial charge in [-0.15, -0.1) is 0 Å². The molecule has 2 nitrogen and oxygen atoms in total. The van der Waals surface area contributed by atoms with E-state index < -0.39 is 0 Å². The van der Waals surface area contributed by atoms with Gasteiger partial charge in [-0.05, 0) is 12.0 Å². The highest BCUT2D eigenvalue weighted by Gasteiger charge is 2.26. The van der Waals surface area contributed by atoms with Gasteiger partial charge in [0.2, 0.25) is 0 Å². The highest BCUT2D eigenvalue weighted by molar-refractivity contribution is 9.09. The number of aliphatic hydroxyl groups excluding tert-OH is 1. The third kappa shape index (κ3) is 3.06. The number of hydrogen-bond donors (Lipinski definition) is 1. The van der Waals surface area contributed by atoms with Gasteiger partial charge in [-0.2, -0.15) is 0 Å². The maximum atomic E-state index is 9.80. The Morgan fingerprint density at radius 3 is 2.75 bits per heavy atom. The summed E-state index contributed by atoms with van der Waals surface area (Å²) in [6.07, 6.45) is 0.759. The van der Waals surface area contributed by atoms with Crippen molar-refractivity contribution in [3.63, 3.8) is 0 Å². The number of alkyl halides is 1. The summed E-state index contributed by atoms with van der Waals surface area (Å²) in [4.78, 5) is 2.42. The molecule has 2 atom stereocenters. The molecule has 16 heavy (non-hydrogen) atoms. The minimum atomic E-state index is -0.133. The number of nitrogens with zero attached hydrogens (tertiary/aromatic N) is 1. The summed E-state index contributed by atoms with van der Waals surface area (Å²) in [6, 6.07) is 10.5. The quantitative estimate of drug-likeness (QED) is 0.861. The van der Waals surface area contributed by atoms with Gasteiger partial charge >= 0.3 is 0 Å². The molecule has 0 bridgehead atoms. The van der Waals surface area contributed by atoms with Crippen molar-refractivity contribution in [2.45, 2.75) is 19.1 Å². The smallest absolute Gasteiger partial charge is 0.0600 e. The minimum absolute atomic E-state index is 0.133. The molecule has 1 aliphatic rings. The molecule has 2 unspecified atom stereocenters. The fourth-order valence-electron chi connectivity index (χ4n) is 2.23. The Bertz CT molecular complexity index is 317. The van der Waals surface area contributed by atoms with Crippen LogP contribution in [0, 0.1) is 5.92 Å². The van der Waals surface area contributed by atoms with Crippen molar-refractivity contribution in [3.8, 4) is 0 Å². The molecule has 1 aliphatic heterocycles. The van der Waals surface area contributed by atoms with Crippen molar-refractivity contribution in [2.75, 3.05) is 18.4 Å². The highest BCUT2D eigenvalue weighted by Crippen LogP contribution is 2.20.